The quantitative estimate of drug-likeness (QED) is 0.305. The van der Waals surface area contributed by atoms with Crippen molar-refractivity contribution in [3.8, 4) is 0 Å². The van der Waals surface area contributed by atoms with Gasteiger partial charge in [0.05, 0.1) is 24.5 Å². The molecule has 0 radical (unpaired) electrons. The van der Waals surface area contributed by atoms with Gasteiger partial charge in [-0.25, -0.2) is 8.42 Å². The summed E-state index contributed by atoms with van der Waals surface area (Å²) in [5.41, 5.74) is 4.82. The van der Waals surface area contributed by atoms with E-state index in [0.717, 1.165) is 28.5 Å². The van der Waals surface area contributed by atoms with E-state index in [9.17, 15) is 13.2 Å². The lowest BCUT2D eigenvalue weighted by Crippen LogP contribution is -2.30. The zero-order chi connectivity index (χ0) is 25.7. The van der Waals surface area contributed by atoms with E-state index in [0.29, 0.717) is 16.3 Å². The molecule has 0 saturated carbocycles. The zero-order valence-electron chi connectivity index (χ0n) is 20.1. The van der Waals surface area contributed by atoms with Gasteiger partial charge in [-0.3, -0.25) is 9.10 Å². The van der Waals surface area contributed by atoms with Gasteiger partial charge in [0.2, 0.25) is 10.0 Å². The van der Waals surface area contributed by atoms with E-state index in [2.05, 4.69) is 5.32 Å². The van der Waals surface area contributed by atoms with Crippen LogP contribution in [0, 0.1) is 6.92 Å². The molecule has 5 nitrogen and oxygen atoms in total. The molecule has 1 unspecified atom stereocenters. The highest BCUT2D eigenvalue weighted by atomic mass is 35.5. The van der Waals surface area contributed by atoms with E-state index in [-0.39, 0.29) is 18.5 Å². The molecule has 0 aliphatic carbocycles. The number of anilines is 1. The topological polar surface area (TPSA) is 66.5 Å². The molecule has 7 heteroatoms. The molecule has 0 spiro atoms. The molecule has 0 fully saturated rings. The summed E-state index contributed by atoms with van der Waals surface area (Å²) in [4.78, 5) is 13.2. The third-order valence-electron chi connectivity index (χ3n) is 5.95. The number of nitrogens with one attached hydrogen (secondary N) is 1. The van der Waals surface area contributed by atoms with Crippen molar-refractivity contribution in [2.45, 2.75) is 19.5 Å². The number of sulfonamides is 1. The summed E-state index contributed by atoms with van der Waals surface area (Å²) in [6.45, 7) is 2.15. The summed E-state index contributed by atoms with van der Waals surface area (Å²) in [6.07, 6.45) is 1.16. The van der Waals surface area contributed by atoms with Crippen molar-refractivity contribution in [1.82, 2.24) is 5.32 Å². The van der Waals surface area contributed by atoms with Crippen molar-refractivity contribution in [1.29, 1.82) is 0 Å². The average molecular weight is 519 g/mol. The Bertz CT molecular complexity index is 1460. The third-order valence-corrected chi connectivity index (χ3v) is 7.32. The van der Waals surface area contributed by atoms with Gasteiger partial charge in [-0.1, -0.05) is 84.4 Å². The lowest BCUT2D eigenvalue weighted by Gasteiger charge is -2.23. The molecule has 1 atom stereocenters. The van der Waals surface area contributed by atoms with Crippen LogP contribution in [-0.4, -0.2) is 20.6 Å². The highest BCUT2D eigenvalue weighted by Crippen LogP contribution is 2.26. The number of hydrogen-bond acceptors (Lipinski definition) is 3. The van der Waals surface area contributed by atoms with E-state index in [1.54, 1.807) is 48.5 Å². The Balaban J connectivity index is 1.56. The zero-order valence-corrected chi connectivity index (χ0v) is 21.6. The van der Waals surface area contributed by atoms with Crippen LogP contribution in [0.3, 0.4) is 0 Å². The number of nitrogens with zero attached hydrogens (tertiary/aromatic N) is 1. The predicted octanol–water partition coefficient (Wildman–Crippen LogP) is 6.13. The molecular weight excluding hydrogens is 492 g/mol. The number of carbonyl (C=O) groups is 1. The fraction of sp³-hybridized carbons (Fsp3) is 0.138. The summed E-state index contributed by atoms with van der Waals surface area (Å²) >= 11 is 6.07. The first kappa shape index (κ1) is 25.5. The number of benzene rings is 4. The Hall–Kier alpha value is -3.61. The predicted molar refractivity (Wildman–Crippen MR) is 146 cm³/mol. The lowest BCUT2D eigenvalue weighted by molar-refractivity contribution is 0.0943. The number of carbonyl (C=O) groups excluding carboxylic acids is 1. The number of aryl methyl sites for hydroxylation is 1. The van der Waals surface area contributed by atoms with Crippen molar-refractivity contribution in [3.63, 3.8) is 0 Å². The van der Waals surface area contributed by atoms with Gasteiger partial charge < -0.3 is 5.32 Å². The van der Waals surface area contributed by atoms with Crippen LogP contribution in [0.1, 0.15) is 38.7 Å². The first-order chi connectivity index (χ1) is 17.2. The number of hydrogen-bond donors (Lipinski definition) is 1. The van der Waals surface area contributed by atoms with Crippen LogP contribution in [0.25, 0.3) is 0 Å². The van der Waals surface area contributed by atoms with Gasteiger partial charge in [0.15, 0.2) is 0 Å². The smallest absolute Gasteiger partial charge is 0.252 e. The van der Waals surface area contributed by atoms with Crippen molar-refractivity contribution in [2.75, 3.05) is 10.6 Å². The Morgan fingerprint density at radius 1 is 0.889 bits per heavy atom. The molecule has 4 rings (SSSR count). The highest BCUT2D eigenvalue weighted by Gasteiger charge is 2.21. The van der Waals surface area contributed by atoms with Crippen molar-refractivity contribution < 1.29 is 13.2 Å². The second-order valence-electron chi connectivity index (χ2n) is 8.62. The third kappa shape index (κ3) is 6.14. The maximum atomic E-state index is 13.2. The Morgan fingerprint density at radius 2 is 1.56 bits per heavy atom. The molecule has 1 N–H and O–H groups in total. The van der Waals surface area contributed by atoms with Crippen molar-refractivity contribution in [2.24, 2.45) is 0 Å². The maximum absolute atomic E-state index is 13.2. The van der Waals surface area contributed by atoms with Gasteiger partial charge in [-0.2, -0.15) is 0 Å². The van der Waals surface area contributed by atoms with E-state index in [1.165, 1.54) is 4.31 Å². The fourth-order valence-electron chi connectivity index (χ4n) is 4.07. The summed E-state index contributed by atoms with van der Waals surface area (Å²) in [7, 11) is -3.55. The molecule has 4 aromatic carbocycles. The molecule has 0 heterocycles. The van der Waals surface area contributed by atoms with Crippen LogP contribution in [-0.2, 0) is 16.6 Å². The average Bonchev–Trinajstić information content (AvgIpc) is 2.86. The molecule has 0 bridgehead atoms. The maximum Gasteiger partial charge on any atom is 0.252 e. The van der Waals surface area contributed by atoms with E-state index >= 15 is 0 Å². The summed E-state index contributed by atoms with van der Waals surface area (Å²) in [5.74, 6) is -0.214. The Labute approximate surface area is 217 Å². The highest BCUT2D eigenvalue weighted by molar-refractivity contribution is 7.92. The van der Waals surface area contributed by atoms with E-state index < -0.39 is 10.0 Å². The SMILES string of the molecule is Cc1ccccc1C(NC(=O)c1ccc(CN(c2cccc(Cl)c2)S(C)(=O)=O)cc1)c1ccccc1. The first-order valence-electron chi connectivity index (χ1n) is 11.5. The van der Waals surface area contributed by atoms with Crippen LogP contribution >= 0.6 is 11.6 Å². The summed E-state index contributed by atoms with van der Waals surface area (Å²) in [6, 6.07) is 31.2. The fourth-order valence-corrected chi connectivity index (χ4v) is 5.13. The van der Waals surface area contributed by atoms with Gasteiger partial charge in [-0.15, -0.1) is 0 Å². The van der Waals surface area contributed by atoms with Crippen molar-refractivity contribution >= 4 is 33.2 Å². The molecule has 36 heavy (non-hydrogen) atoms. The first-order valence-corrected chi connectivity index (χ1v) is 13.7. The largest absolute Gasteiger partial charge is 0.341 e. The molecule has 4 aromatic rings. The van der Waals surface area contributed by atoms with Gasteiger partial charge in [0.25, 0.3) is 5.91 Å². The summed E-state index contributed by atoms with van der Waals surface area (Å²) in [5, 5.41) is 3.62. The van der Waals surface area contributed by atoms with Gasteiger partial charge >= 0.3 is 0 Å². The minimum Gasteiger partial charge on any atom is -0.341 e. The monoisotopic (exact) mass is 518 g/mol. The lowest BCUT2D eigenvalue weighted by atomic mass is 9.94. The van der Waals surface area contributed by atoms with E-state index in [4.69, 9.17) is 11.6 Å². The minimum absolute atomic E-state index is 0.122. The molecule has 0 aliphatic heterocycles. The van der Waals surface area contributed by atoms with Gasteiger partial charge in [0.1, 0.15) is 0 Å². The molecule has 184 valence electrons. The normalized spacial score (nSPS) is 12.1. The van der Waals surface area contributed by atoms with Crippen molar-refractivity contribution in [3.05, 3.63) is 136 Å². The molecule has 0 aliphatic rings. The second kappa shape index (κ2) is 11.0. The van der Waals surface area contributed by atoms with Gasteiger partial charge in [-0.05, 0) is 59.5 Å². The van der Waals surface area contributed by atoms with Crippen LogP contribution in [0.2, 0.25) is 5.02 Å². The number of halogens is 1. The molecule has 0 aromatic heterocycles. The molecule has 1 amide bonds. The summed E-state index contributed by atoms with van der Waals surface area (Å²) < 4.78 is 26.2. The Kier molecular flexibility index (Phi) is 7.77. The van der Waals surface area contributed by atoms with E-state index in [1.807, 2.05) is 61.5 Å². The standard InChI is InChI=1S/C29H27ClN2O3S/c1-21-9-6-7-14-27(21)28(23-10-4-3-5-11-23)31-29(33)24-17-15-22(16-18-24)20-32(36(2,34)35)26-13-8-12-25(30)19-26/h3-19,28H,20H2,1-2H3,(H,31,33). The van der Waals surface area contributed by atoms with Crippen LogP contribution in [0.15, 0.2) is 103 Å². The van der Waals surface area contributed by atoms with Gasteiger partial charge in [0, 0.05) is 10.6 Å². The minimum atomic E-state index is -3.55. The Morgan fingerprint density at radius 3 is 2.19 bits per heavy atom. The second-order valence-corrected chi connectivity index (χ2v) is 11.0. The number of amides is 1. The number of rotatable bonds is 8. The van der Waals surface area contributed by atoms with Crippen LogP contribution in [0.4, 0.5) is 5.69 Å². The van der Waals surface area contributed by atoms with Crippen LogP contribution < -0.4 is 9.62 Å². The molecular formula is C29H27ClN2O3S. The van der Waals surface area contributed by atoms with Crippen LogP contribution in [0.5, 0.6) is 0 Å². The molecule has 0 saturated heterocycles.